The first-order chi connectivity index (χ1) is 13.2. The number of imide groups is 1. The summed E-state index contributed by atoms with van der Waals surface area (Å²) in [6.07, 6.45) is 5.46. The number of ketones is 1. The lowest BCUT2D eigenvalue weighted by Gasteiger charge is -2.17. The molecule has 150 valence electrons. The zero-order valence-electron chi connectivity index (χ0n) is 16.1. The lowest BCUT2D eigenvalue weighted by atomic mass is 9.85. The van der Waals surface area contributed by atoms with Crippen molar-refractivity contribution in [2.45, 2.75) is 39.2 Å². The van der Waals surface area contributed by atoms with Crippen LogP contribution in [0.15, 0.2) is 18.2 Å². The van der Waals surface area contributed by atoms with Crippen LogP contribution in [-0.4, -0.2) is 53.5 Å². The van der Waals surface area contributed by atoms with Gasteiger partial charge in [-0.25, -0.2) is 8.42 Å². The number of rotatable bonds is 4. The molecule has 4 rings (SSSR count). The van der Waals surface area contributed by atoms with Gasteiger partial charge in [0.15, 0.2) is 15.6 Å². The Bertz CT molecular complexity index is 978. The summed E-state index contributed by atoms with van der Waals surface area (Å²) in [5, 5.41) is 0. The maximum absolute atomic E-state index is 12.9. The zero-order valence-corrected chi connectivity index (χ0v) is 16.9. The second-order valence-electron chi connectivity index (χ2n) is 8.05. The molecule has 0 unspecified atom stereocenters. The van der Waals surface area contributed by atoms with Crippen LogP contribution < -0.4 is 0 Å². The number of aryl methyl sites for hydroxylation is 1. The van der Waals surface area contributed by atoms with Crippen LogP contribution in [0.3, 0.4) is 0 Å². The number of Topliss-reactive ketones (excluding diaryl/α,β-unsaturated/α-hetero) is 1. The summed E-state index contributed by atoms with van der Waals surface area (Å²) in [6.45, 7) is 3.39. The Hall–Kier alpha value is -2.22. The Morgan fingerprint density at radius 3 is 2.25 bits per heavy atom. The van der Waals surface area contributed by atoms with Gasteiger partial charge in [0.05, 0.1) is 29.9 Å². The molecule has 2 saturated heterocycles. The average Bonchev–Trinajstić information content (AvgIpc) is 3.23. The van der Waals surface area contributed by atoms with E-state index in [1.807, 2.05) is 23.6 Å². The van der Waals surface area contributed by atoms with E-state index in [1.165, 1.54) is 0 Å². The van der Waals surface area contributed by atoms with Gasteiger partial charge in [-0.05, 0) is 39.2 Å². The predicted molar refractivity (Wildman–Crippen MR) is 103 cm³/mol. The van der Waals surface area contributed by atoms with Crippen molar-refractivity contribution in [1.29, 1.82) is 0 Å². The van der Waals surface area contributed by atoms with Crippen molar-refractivity contribution in [3.63, 3.8) is 0 Å². The largest absolute Gasteiger partial charge is 0.344 e. The summed E-state index contributed by atoms with van der Waals surface area (Å²) in [6, 6.07) is 1.57. The zero-order chi connectivity index (χ0) is 20.2. The van der Waals surface area contributed by atoms with Crippen molar-refractivity contribution < 1.29 is 22.8 Å². The third-order valence-corrected chi connectivity index (χ3v) is 8.01. The highest BCUT2D eigenvalue weighted by Crippen LogP contribution is 2.35. The molecule has 8 heteroatoms. The van der Waals surface area contributed by atoms with E-state index in [-0.39, 0.29) is 53.5 Å². The number of hydrogen-bond donors (Lipinski definition) is 0. The minimum atomic E-state index is -3.04. The number of sulfone groups is 1. The Labute approximate surface area is 164 Å². The molecule has 0 aromatic carbocycles. The standard InChI is InChI=1S/C20H24N2O5S/c1-12-9-17(13(2)22(12)14-7-8-28(26,27)11-14)18(23)10-21-19(24)15-5-3-4-6-16(15)20(21)25/h3-4,9,14-16H,5-8,10-11H2,1-2H3/t14-,15+,16+/m1/s1. The molecule has 1 aromatic heterocycles. The fraction of sp³-hybridized carbons (Fsp3) is 0.550. The number of hydrogen-bond acceptors (Lipinski definition) is 5. The molecule has 3 heterocycles. The smallest absolute Gasteiger partial charge is 0.233 e. The molecule has 1 aromatic rings. The van der Waals surface area contributed by atoms with Crippen molar-refractivity contribution in [3.8, 4) is 0 Å². The van der Waals surface area contributed by atoms with Crippen LogP contribution in [0.5, 0.6) is 0 Å². The third kappa shape index (κ3) is 3.03. The normalized spacial score (nSPS) is 28.8. The van der Waals surface area contributed by atoms with Gasteiger partial charge in [0.1, 0.15) is 0 Å². The highest BCUT2D eigenvalue weighted by Gasteiger charge is 2.47. The van der Waals surface area contributed by atoms with E-state index in [0.717, 1.165) is 10.6 Å². The Morgan fingerprint density at radius 2 is 1.71 bits per heavy atom. The highest BCUT2D eigenvalue weighted by molar-refractivity contribution is 7.91. The van der Waals surface area contributed by atoms with Gasteiger partial charge < -0.3 is 4.57 Å². The lowest BCUT2D eigenvalue weighted by molar-refractivity contribution is -0.139. The number of likely N-dealkylation sites (tertiary alicyclic amines) is 1. The van der Waals surface area contributed by atoms with Crippen molar-refractivity contribution in [1.82, 2.24) is 9.47 Å². The maximum atomic E-state index is 12.9. The molecule has 0 radical (unpaired) electrons. The van der Waals surface area contributed by atoms with E-state index in [4.69, 9.17) is 0 Å². The fourth-order valence-corrected chi connectivity index (χ4v) is 6.55. The molecule has 2 fully saturated rings. The van der Waals surface area contributed by atoms with Crippen LogP contribution in [0.2, 0.25) is 0 Å². The molecule has 1 aliphatic carbocycles. The second-order valence-corrected chi connectivity index (χ2v) is 10.3. The van der Waals surface area contributed by atoms with Crippen LogP contribution in [0, 0.1) is 25.7 Å². The summed E-state index contributed by atoms with van der Waals surface area (Å²) in [5.74, 6) is -1.26. The number of carbonyl (C=O) groups is 3. The van der Waals surface area contributed by atoms with E-state index in [2.05, 4.69) is 0 Å². The first-order valence-electron chi connectivity index (χ1n) is 9.62. The summed E-state index contributed by atoms with van der Waals surface area (Å²) < 4.78 is 25.6. The number of carbonyl (C=O) groups excluding carboxylic acids is 3. The molecule has 2 amide bonds. The SMILES string of the molecule is Cc1cc(C(=O)CN2C(=O)[C@H]3CC=CC[C@@H]3C2=O)c(C)n1[C@@H]1CCS(=O)(=O)C1. The quantitative estimate of drug-likeness (QED) is 0.432. The molecule has 0 spiro atoms. The fourth-order valence-electron chi connectivity index (χ4n) is 4.85. The third-order valence-electron chi connectivity index (χ3n) is 6.26. The summed E-state index contributed by atoms with van der Waals surface area (Å²) in [7, 11) is -3.04. The molecule has 28 heavy (non-hydrogen) atoms. The minimum Gasteiger partial charge on any atom is -0.344 e. The average molecular weight is 404 g/mol. The van der Waals surface area contributed by atoms with Gasteiger partial charge in [0.25, 0.3) is 0 Å². The summed E-state index contributed by atoms with van der Waals surface area (Å²) in [4.78, 5) is 39.2. The number of aromatic nitrogens is 1. The van der Waals surface area contributed by atoms with Crippen molar-refractivity contribution in [2.24, 2.45) is 11.8 Å². The van der Waals surface area contributed by atoms with E-state index in [1.54, 1.807) is 13.0 Å². The van der Waals surface area contributed by atoms with Crippen LogP contribution in [0.4, 0.5) is 0 Å². The Kier molecular flexibility index (Phi) is 4.56. The van der Waals surface area contributed by atoms with Gasteiger partial charge in [0.2, 0.25) is 11.8 Å². The summed E-state index contributed by atoms with van der Waals surface area (Å²) in [5.41, 5.74) is 1.97. The molecular weight excluding hydrogens is 380 g/mol. The van der Waals surface area contributed by atoms with Gasteiger partial charge >= 0.3 is 0 Å². The summed E-state index contributed by atoms with van der Waals surface area (Å²) >= 11 is 0. The maximum Gasteiger partial charge on any atom is 0.233 e. The number of allylic oxidation sites excluding steroid dienone is 2. The van der Waals surface area contributed by atoms with Crippen molar-refractivity contribution in [2.75, 3.05) is 18.1 Å². The van der Waals surface area contributed by atoms with Crippen LogP contribution in [0.1, 0.15) is 47.1 Å². The van der Waals surface area contributed by atoms with Crippen molar-refractivity contribution >= 4 is 27.4 Å². The first kappa shape index (κ1) is 19.1. The highest BCUT2D eigenvalue weighted by atomic mass is 32.2. The van der Waals surface area contributed by atoms with Crippen LogP contribution in [-0.2, 0) is 19.4 Å². The van der Waals surface area contributed by atoms with Gasteiger partial charge in [-0.3, -0.25) is 19.3 Å². The molecule has 2 aliphatic heterocycles. The van der Waals surface area contributed by atoms with Gasteiger partial charge in [-0.15, -0.1) is 0 Å². The van der Waals surface area contributed by atoms with Gasteiger partial charge in [-0.1, -0.05) is 12.2 Å². The molecule has 3 aliphatic rings. The number of amides is 2. The first-order valence-corrected chi connectivity index (χ1v) is 11.4. The predicted octanol–water partition coefficient (Wildman–Crippen LogP) is 1.60. The van der Waals surface area contributed by atoms with E-state index < -0.39 is 9.84 Å². The molecule has 3 atom stereocenters. The van der Waals surface area contributed by atoms with Crippen LogP contribution >= 0.6 is 0 Å². The van der Waals surface area contributed by atoms with E-state index in [9.17, 15) is 22.8 Å². The topological polar surface area (TPSA) is 93.5 Å². The van der Waals surface area contributed by atoms with Gasteiger partial charge in [-0.2, -0.15) is 0 Å². The Morgan fingerprint density at radius 1 is 1.11 bits per heavy atom. The minimum absolute atomic E-state index is 0.0798. The molecule has 0 N–H and O–H groups in total. The van der Waals surface area contributed by atoms with E-state index in [0.29, 0.717) is 30.5 Å². The molecule has 7 nitrogen and oxygen atoms in total. The molecule has 0 saturated carbocycles. The second kappa shape index (κ2) is 6.69. The molecular formula is C20H24N2O5S. The Balaban J connectivity index is 1.56. The monoisotopic (exact) mass is 404 g/mol. The van der Waals surface area contributed by atoms with Crippen molar-refractivity contribution in [3.05, 3.63) is 35.2 Å². The van der Waals surface area contributed by atoms with Crippen LogP contribution in [0.25, 0.3) is 0 Å². The van der Waals surface area contributed by atoms with Gasteiger partial charge in [0, 0.05) is 23.0 Å². The number of nitrogens with zero attached hydrogens (tertiary/aromatic N) is 2. The lowest BCUT2D eigenvalue weighted by Crippen LogP contribution is -2.36. The van der Waals surface area contributed by atoms with E-state index >= 15 is 0 Å². The molecule has 0 bridgehead atoms. The number of fused-ring (bicyclic) bond motifs is 1.